The molecule has 0 aliphatic carbocycles. The molecule has 0 saturated carbocycles. The van der Waals surface area contributed by atoms with Crippen molar-refractivity contribution in [3.8, 4) is 5.75 Å². The lowest BCUT2D eigenvalue weighted by atomic mass is 10.2. The topological polar surface area (TPSA) is 252 Å². The summed E-state index contributed by atoms with van der Waals surface area (Å²) in [6.45, 7) is 1.07. The number of thiocarbonyl (C=S) groups is 1. The van der Waals surface area contributed by atoms with Crippen LogP contribution in [0.3, 0.4) is 0 Å². The van der Waals surface area contributed by atoms with Crippen molar-refractivity contribution in [2.24, 2.45) is 15.7 Å². The van der Waals surface area contributed by atoms with Crippen molar-refractivity contribution in [1.29, 1.82) is 0 Å². The van der Waals surface area contributed by atoms with Gasteiger partial charge in [0.15, 0.2) is 0 Å². The van der Waals surface area contributed by atoms with Crippen molar-refractivity contribution >= 4 is 75.8 Å². The Morgan fingerprint density at radius 3 is 2.08 bits per heavy atom. The number of halogens is 2. The first-order valence-corrected chi connectivity index (χ1v) is 21.1. The van der Waals surface area contributed by atoms with Gasteiger partial charge in [-0.3, -0.25) is 24.5 Å². The molecule has 23 heteroatoms. The van der Waals surface area contributed by atoms with E-state index in [1.54, 1.807) is 66.7 Å². The Kier molecular flexibility index (Phi) is 18.6. The van der Waals surface area contributed by atoms with Crippen LogP contribution in [0.15, 0.2) is 58.7 Å². The maximum absolute atomic E-state index is 12.7. The average Bonchev–Trinajstić information content (AvgIpc) is 3.04. The molecule has 0 radical (unpaired) electrons. The zero-order valence-corrected chi connectivity index (χ0v) is 32.0. The largest absolute Gasteiger partial charge is 0.494 e. The number of nitrogens with one attached hydrogen (secondary N) is 2. The van der Waals surface area contributed by atoms with Crippen LogP contribution in [-0.4, -0.2) is 108 Å². The molecular weight excluding hydrogens is 778 g/mol. The van der Waals surface area contributed by atoms with Gasteiger partial charge in [0, 0.05) is 44.4 Å². The maximum atomic E-state index is 12.7. The van der Waals surface area contributed by atoms with E-state index in [4.69, 9.17) is 50.2 Å². The number of ether oxygens (including phenoxy) is 1. The van der Waals surface area contributed by atoms with Crippen molar-refractivity contribution in [2.45, 2.75) is 24.5 Å². The molecule has 50 heavy (non-hydrogen) atoms. The summed E-state index contributed by atoms with van der Waals surface area (Å²) < 4.78 is 48.4. The minimum atomic E-state index is -5.49. The number of aliphatic hydroxyl groups is 1. The third-order valence-electron chi connectivity index (χ3n) is 6.81. The minimum absolute atomic E-state index is 0.0351. The monoisotopic (exact) mass is 819 g/mol. The fraction of sp³-hybridized carbons (Fsp3) is 0.444. The number of benzene rings is 2. The highest BCUT2D eigenvalue weighted by molar-refractivity contribution is 7.80. The summed E-state index contributed by atoms with van der Waals surface area (Å²) in [5, 5.41) is 14.8. The molecule has 0 heterocycles. The molecular formula is C27H42Cl2N7O10P3S. The van der Waals surface area contributed by atoms with Crippen molar-refractivity contribution in [2.75, 3.05) is 51.6 Å². The molecule has 0 aliphatic heterocycles. The Bertz CT molecular complexity index is 1560. The molecule has 0 aromatic heterocycles. The van der Waals surface area contributed by atoms with E-state index in [0.29, 0.717) is 24.3 Å². The van der Waals surface area contributed by atoms with E-state index in [-0.39, 0.29) is 49.7 Å². The second-order valence-electron chi connectivity index (χ2n) is 10.7. The van der Waals surface area contributed by atoms with Crippen LogP contribution in [0.25, 0.3) is 0 Å². The summed E-state index contributed by atoms with van der Waals surface area (Å²) in [5.74, 6) is 1.03. The van der Waals surface area contributed by atoms with Gasteiger partial charge in [-0.1, -0.05) is 36.4 Å². The van der Waals surface area contributed by atoms with Gasteiger partial charge in [-0.25, -0.2) is 10.2 Å². The molecule has 2 aromatic rings. The Hall–Kier alpha value is -1.82. The Balaban J connectivity index is 1.75. The summed E-state index contributed by atoms with van der Waals surface area (Å²) in [6, 6.07) is 14.2. The van der Waals surface area contributed by atoms with E-state index in [1.165, 1.54) is 10.9 Å². The van der Waals surface area contributed by atoms with Crippen LogP contribution in [0, 0.1) is 0 Å². The van der Waals surface area contributed by atoms with Crippen LogP contribution < -0.4 is 21.1 Å². The van der Waals surface area contributed by atoms with Gasteiger partial charge in [0.1, 0.15) is 5.75 Å². The quantitative estimate of drug-likeness (QED) is 0.0212. The number of rotatable bonds is 22. The zero-order valence-electron chi connectivity index (χ0n) is 27.0. The van der Waals surface area contributed by atoms with E-state index in [9.17, 15) is 38.4 Å². The van der Waals surface area contributed by atoms with Gasteiger partial charge >= 0.3 is 22.9 Å². The molecule has 2 rings (SSSR count). The van der Waals surface area contributed by atoms with Crippen LogP contribution >= 0.6 is 58.3 Å². The first-order valence-electron chi connectivity index (χ1n) is 14.8. The van der Waals surface area contributed by atoms with Gasteiger partial charge in [-0.15, -0.1) is 23.2 Å². The van der Waals surface area contributed by atoms with E-state index >= 15 is 0 Å². The highest BCUT2D eigenvalue weighted by Gasteiger charge is 2.58. The molecule has 9 N–H and O–H groups in total. The van der Waals surface area contributed by atoms with Crippen LogP contribution in [0.4, 0.5) is 0 Å². The number of hydrogen-bond acceptors (Lipinski definition) is 10. The molecule has 17 nitrogen and oxygen atoms in total. The molecule has 1 atom stereocenters. The highest BCUT2D eigenvalue weighted by Crippen LogP contribution is 2.68. The molecule has 0 aliphatic rings. The van der Waals surface area contributed by atoms with Crippen molar-refractivity contribution in [1.82, 2.24) is 20.4 Å². The summed E-state index contributed by atoms with van der Waals surface area (Å²) in [7, 11) is -13.0. The molecule has 0 bridgehead atoms. The van der Waals surface area contributed by atoms with Gasteiger partial charge in [0.05, 0.1) is 25.6 Å². The van der Waals surface area contributed by atoms with Crippen molar-refractivity contribution in [3.63, 3.8) is 0 Å². The fourth-order valence-corrected chi connectivity index (χ4v) is 8.16. The fourth-order valence-electron chi connectivity index (χ4n) is 4.01. The lowest BCUT2D eigenvalue weighted by Gasteiger charge is -2.30. The predicted octanol–water partition coefficient (Wildman–Crippen LogP) is 2.97. The van der Waals surface area contributed by atoms with Crippen LogP contribution in [-0.2, 0) is 24.8 Å². The number of nitrogens with two attached hydrogens (primary N) is 1. The normalized spacial score (nSPS) is 14.1. The van der Waals surface area contributed by atoms with Gasteiger partial charge in [0.25, 0.3) is 5.08 Å². The molecule has 0 amide bonds. The molecule has 280 valence electrons. The van der Waals surface area contributed by atoms with E-state index in [2.05, 4.69) is 21.1 Å². The number of nitrogens with zero attached hydrogens (tertiary/aromatic N) is 4. The Morgan fingerprint density at radius 2 is 1.52 bits per heavy atom. The third kappa shape index (κ3) is 15.0. The SMILES string of the molecule is CN(CCCOc1cccc(/C=N/NC(=S)N/N=C/c2ccc(COP(N)(=O)N(CCCl)CCCl)cc2)c1)CCC(O)(P(=O)(O)O)P(=O)(O)O. The van der Waals surface area contributed by atoms with Crippen molar-refractivity contribution in [3.05, 3.63) is 65.2 Å². The van der Waals surface area contributed by atoms with Crippen LogP contribution in [0.5, 0.6) is 5.75 Å². The summed E-state index contributed by atoms with van der Waals surface area (Å²) in [4.78, 5) is 38.6. The van der Waals surface area contributed by atoms with E-state index in [1.807, 2.05) is 0 Å². The Labute approximate surface area is 305 Å². The molecule has 2 aromatic carbocycles. The third-order valence-corrected chi connectivity index (χ3v) is 12.9. The zero-order chi connectivity index (χ0) is 37.4. The van der Waals surface area contributed by atoms with Gasteiger partial charge < -0.3 is 38.8 Å². The first-order chi connectivity index (χ1) is 23.4. The Morgan fingerprint density at radius 1 is 0.940 bits per heavy atom. The van der Waals surface area contributed by atoms with Crippen LogP contribution in [0.1, 0.15) is 29.5 Å². The molecule has 0 saturated heterocycles. The van der Waals surface area contributed by atoms with Crippen molar-refractivity contribution < 1.29 is 47.6 Å². The van der Waals surface area contributed by atoms with Gasteiger partial charge in [-0.2, -0.15) is 10.2 Å². The highest BCUT2D eigenvalue weighted by atomic mass is 35.5. The van der Waals surface area contributed by atoms with Gasteiger partial charge in [0.2, 0.25) is 5.11 Å². The standard InChI is InChI=1S/C27H42Cl2N7O10P3S/c1-35(14-10-27(37,47(38,39)40)48(41,42)43)13-3-17-45-25-5-2-4-24(18-25)20-32-34-26(50)33-31-19-22-6-8-23(9-7-22)21-46-49(30,44)36(15-11-28)16-12-29/h2,4-9,18-20,37H,3,10-17,21H2,1H3,(H2,30,44)(H2,33,34,50)(H2,38,39,40)(H2,41,42,43)/b31-19+,32-20+. The molecule has 0 fully saturated rings. The molecule has 1 unspecified atom stereocenters. The van der Waals surface area contributed by atoms with Crippen LogP contribution in [0.2, 0.25) is 0 Å². The molecule has 0 spiro atoms. The second-order valence-corrected chi connectivity index (χ2v) is 17.8. The second kappa shape index (κ2) is 21.0. The average molecular weight is 821 g/mol. The number of hydrogen-bond donors (Lipinski definition) is 8. The summed E-state index contributed by atoms with van der Waals surface area (Å²) >= 11 is 16.7. The van der Waals surface area contributed by atoms with E-state index in [0.717, 1.165) is 11.1 Å². The number of alkyl halides is 2. The lowest BCUT2D eigenvalue weighted by molar-refractivity contribution is 0.111. The maximum Gasteiger partial charge on any atom is 0.369 e. The first kappa shape index (κ1) is 44.3. The number of hydrazone groups is 2. The predicted molar refractivity (Wildman–Crippen MR) is 198 cm³/mol. The van der Waals surface area contributed by atoms with Gasteiger partial charge in [-0.05, 0) is 54.5 Å². The summed E-state index contributed by atoms with van der Waals surface area (Å²) in [6.07, 6.45) is 2.72. The smallest absolute Gasteiger partial charge is 0.369 e. The lowest BCUT2D eigenvalue weighted by Crippen LogP contribution is -2.34. The minimum Gasteiger partial charge on any atom is -0.494 e. The summed E-state index contributed by atoms with van der Waals surface area (Å²) in [5.41, 5.74) is 13.4. The van der Waals surface area contributed by atoms with E-state index < -0.39 is 34.4 Å².